The van der Waals surface area contributed by atoms with Crippen molar-refractivity contribution in [2.75, 3.05) is 0 Å². The van der Waals surface area contributed by atoms with Gasteiger partial charge in [-0.2, -0.15) is 0 Å². The molecule has 0 saturated carbocycles. The highest BCUT2D eigenvalue weighted by Gasteiger charge is 2.03. The lowest BCUT2D eigenvalue weighted by atomic mass is 9.97. The first-order chi connectivity index (χ1) is 6.63. The molecule has 1 aromatic rings. The molecule has 1 aromatic carbocycles. The predicted molar refractivity (Wildman–Crippen MR) is 60.3 cm³/mol. The van der Waals surface area contributed by atoms with Crippen LogP contribution in [0, 0.1) is 12.8 Å². The maximum absolute atomic E-state index is 9.17. The van der Waals surface area contributed by atoms with Crippen LogP contribution in [0.4, 0.5) is 0 Å². The average molecular weight is 192 g/mol. The van der Waals surface area contributed by atoms with Crippen LogP contribution in [0.1, 0.15) is 37.0 Å². The van der Waals surface area contributed by atoms with E-state index in [0.29, 0.717) is 0 Å². The highest BCUT2D eigenvalue weighted by Crippen LogP contribution is 2.16. The highest BCUT2D eigenvalue weighted by molar-refractivity contribution is 5.31. The zero-order valence-electron chi connectivity index (χ0n) is 9.38. The standard InChI is InChI=1S/C13H20O/c1-10(2)4-6-12-8-11(3)5-7-13(12)9-14/h5,7-8,10,14H,4,6,9H2,1-3H3. The van der Waals surface area contributed by atoms with Gasteiger partial charge < -0.3 is 5.11 Å². The summed E-state index contributed by atoms with van der Waals surface area (Å²) in [5.41, 5.74) is 3.67. The van der Waals surface area contributed by atoms with Crippen molar-refractivity contribution in [1.82, 2.24) is 0 Å². The monoisotopic (exact) mass is 192 g/mol. The summed E-state index contributed by atoms with van der Waals surface area (Å²) in [6.07, 6.45) is 2.27. The van der Waals surface area contributed by atoms with Crippen molar-refractivity contribution in [2.24, 2.45) is 5.92 Å². The summed E-state index contributed by atoms with van der Waals surface area (Å²) in [7, 11) is 0. The molecule has 0 saturated heterocycles. The first-order valence-electron chi connectivity index (χ1n) is 5.32. The fourth-order valence-electron chi connectivity index (χ4n) is 1.59. The molecular formula is C13H20O. The molecule has 0 amide bonds. The molecule has 78 valence electrons. The van der Waals surface area contributed by atoms with E-state index >= 15 is 0 Å². The molecule has 14 heavy (non-hydrogen) atoms. The molecule has 0 heterocycles. The number of aliphatic hydroxyl groups excluding tert-OH is 1. The number of aliphatic hydroxyl groups is 1. The Labute approximate surface area is 86.8 Å². The Morgan fingerprint density at radius 2 is 1.93 bits per heavy atom. The molecule has 0 aliphatic carbocycles. The Morgan fingerprint density at radius 1 is 1.21 bits per heavy atom. The van der Waals surface area contributed by atoms with Gasteiger partial charge in [0, 0.05) is 0 Å². The van der Waals surface area contributed by atoms with Gasteiger partial charge in [0.05, 0.1) is 6.61 Å². The van der Waals surface area contributed by atoms with Crippen LogP contribution in [-0.4, -0.2) is 5.11 Å². The molecule has 0 atom stereocenters. The summed E-state index contributed by atoms with van der Waals surface area (Å²) in [5, 5.41) is 9.17. The van der Waals surface area contributed by atoms with E-state index < -0.39 is 0 Å². The van der Waals surface area contributed by atoms with E-state index in [2.05, 4.69) is 32.9 Å². The third-order valence-corrected chi connectivity index (χ3v) is 2.52. The minimum absolute atomic E-state index is 0.160. The minimum Gasteiger partial charge on any atom is -0.392 e. The Morgan fingerprint density at radius 3 is 2.50 bits per heavy atom. The van der Waals surface area contributed by atoms with Gasteiger partial charge in [0.15, 0.2) is 0 Å². The van der Waals surface area contributed by atoms with E-state index in [1.54, 1.807) is 0 Å². The van der Waals surface area contributed by atoms with Crippen molar-refractivity contribution < 1.29 is 5.11 Å². The molecule has 0 aliphatic heterocycles. The van der Waals surface area contributed by atoms with Crippen molar-refractivity contribution >= 4 is 0 Å². The maximum atomic E-state index is 9.17. The first kappa shape index (κ1) is 11.3. The zero-order chi connectivity index (χ0) is 10.6. The van der Waals surface area contributed by atoms with E-state index in [9.17, 15) is 5.11 Å². The molecule has 0 aromatic heterocycles. The average Bonchev–Trinajstić information content (AvgIpc) is 2.15. The van der Waals surface area contributed by atoms with Crippen LogP contribution in [0.15, 0.2) is 18.2 Å². The molecule has 1 heteroatoms. The van der Waals surface area contributed by atoms with Crippen molar-refractivity contribution in [2.45, 2.75) is 40.2 Å². The highest BCUT2D eigenvalue weighted by atomic mass is 16.3. The Balaban J connectivity index is 2.77. The molecule has 0 aliphatic rings. The lowest BCUT2D eigenvalue weighted by Gasteiger charge is -2.10. The number of hydrogen-bond acceptors (Lipinski definition) is 1. The summed E-state index contributed by atoms with van der Waals surface area (Å²) >= 11 is 0. The van der Waals surface area contributed by atoms with E-state index in [-0.39, 0.29) is 6.61 Å². The zero-order valence-corrected chi connectivity index (χ0v) is 9.38. The quantitative estimate of drug-likeness (QED) is 0.777. The fourth-order valence-corrected chi connectivity index (χ4v) is 1.59. The maximum Gasteiger partial charge on any atom is 0.0684 e. The van der Waals surface area contributed by atoms with Gasteiger partial charge >= 0.3 is 0 Å². The second-order valence-corrected chi connectivity index (χ2v) is 4.36. The van der Waals surface area contributed by atoms with Gasteiger partial charge in [0.25, 0.3) is 0 Å². The largest absolute Gasteiger partial charge is 0.392 e. The van der Waals surface area contributed by atoms with Gasteiger partial charge in [0.1, 0.15) is 0 Å². The summed E-state index contributed by atoms with van der Waals surface area (Å²) in [6.45, 7) is 6.72. The second-order valence-electron chi connectivity index (χ2n) is 4.36. The Kier molecular flexibility index (Phi) is 4.15. The molecule has 0 spiro atoms. The predicted octanol–water partition coefficient (Wildman–Crippen LogP) is 3.08. The van der Waals surface area contributed by atoms with Gasteiger partial charge in [-0.05, 0) is 36.8 Å². The lowest BCUT2D eigenvalue weighted by Crippen LogP contribution is -1.98. The van der Waals surface area contributed by atoms with Gasteiger partial charge in [-0.15, -0.1) is 0 Å². The molecule has 1 N–H and O–H groups in total. The third kappa shape index (κ3) is 3.15. The molecule has 0 radical (unpaired) electrons. The molecule has 0 fully saturated rings. The first-order valence-corrected chi connectivity index (χ1v) is 5.32. The van der Waals surface area contributed by atoms with Crippen LogP contribution in [0.25, 0.3) is 0 Å². The smallest absolute Gasteiger partial charge is 0.0684 e. The topological polar surface area (TPSA) is 20.2 Å². The molecule has 0 bridgehead atoms. The van der Waals surface area contributed by atoms with E-state index in [1.165, 1.54) is 17.5 Å². The van der Waals surface area contributed by atoms with Crippen LogP contribution in [0.5, 0.6) is 0 Å². The third-order valence-electron chi connectivity index (χ3n) is 2.52. The summed E-state index contributed by atoms with van der Waals surface area (Å²) in [5.74, 6) is 0.724. The number of rotatable bonds is 4. The molecule has 0 unspecified atom stereocenters. The van der Waals surface area contributed by atoms with Gasteiger partial charge in [-0.25, -0.2) is 0 Å². The van der Waals surface area contributed by atoms with Gasteiger partial charge in [-0.1, -0.05) is 37.6 Å². The second kappa shape index (κ2) is 5.16. The molecule has 1 nitrogen and oxygen atoms in total. The van der Waals surface area contributed by atoms with Crippen LogP contribution >= 0.6 is 0 Å². The van der Waals surface area contributed by atoms with Gasteiger partial charge in [0.2, 0.25) is 0 Å². The molecule has 1 rings (SSSR count). The van der Waals surface area contributed by atoms with Crippen LogP contribution in [0.3, 0.4) is 0 Å². The van der Waals surface area contributed by atoms with Crippen molar-refractivity contribution in [3.05, 3.63) is 34.9 Å². The Hall–Kier alpha value is -0.820. The van der Waals surface area contributed by atoms with Crippen molar-refractivity contribution in [1.29, 1.82) is 0 Å². The number of benzene rings is 1. The van der Waals surface area contributed by atoms with Crippen LogP contribution < -0.4 is 0 Å². The normalized spacial score (nSPS) is 10.9. The minimum atomic E-state index is 0.160. The van der Waals surface area contributed by atoms with E-state index in [1.807, 2.05) is 6.07 Å². The SMILES string of the molecule is Cc1ccc(CO)c(CCC(C)C)c1. The van der Waals surface area contributed by atoms with Crippen LogP contribution in [-0.2, 0) is 13.0 Å². The summed E-state index contributed by atoms with van der Waals surface area (Å²) < 4.78 is 0. The summed E-state index contributed by atoms with van der Waals surface area (Å²) in [4.78, 5) is 0. The number of aryl methyl sites for hydroxylation is 2. The number of hydrogen-bond donors (Lipinski definition) is 1. The van der Waals surface area contributed by atoms with Crippen molar-refractivity contribution in [3.8, 4) is 0 Å². The Bertz CT molecular complexity index is 289. The molecular weight excluding hydrogens is 172 g/mol. The van der Waals surface area contributed by atoms with E-state index in [4.69, 9.17) is 0 Å². The van der Waals surface area contributed by atoms with Crippen LogP contribution in [0.2, 0.25) is 0 Å². The summed E-state index contributed by atoms with van der Waals surface area (Å²) in [6, 6.07) is 6.28. The lowest BCUT2D eigenvalue weighted by molar-refractivity contribution is 0.280. The van der Waals surface area contributed by atoms with Gasteiger partial charge in [-0.3, -0.25) is 0 Å². The fraction of sp³-hybridized carbons (Fsp3) is 0.538. The van der Waals surface area contributed by atoms with Crippen molar-refractivity contribution in [3.63, 3.8) is 0 Å². The van der Waals surface area contributed by atoms with E-state index in [0.717, 1.165) is 17.9 Å².